The van der Waals surface area contributed by atoms with E-state index in [1.165, 1.54) is 0 Å². The molecule has 22 heavy (non-hydrogen) atoms. The van der Waals surface area contributed by atoms with Crippen molar-refractivity contribution in [3.63, 3.8) is 0 Å². The Bertz CT molecular complexity index is 711. The molecule has 114 valence electrons. The second kappa shape index (κ2) is 5.81. The number of amides is 1. The van der Waals surface area contributed by atoms with Crippen molar-refractivity contribution in [1.82, 2.24) is 0 Å². The highest BCUT2D eigenvalue weighted by Crippen LogP contribution is 2.37. The molecule has 2 aromatic carbocycles. The molecule has 1 atom stereocenters. The van der Waals surface area contributed by atoms with E-state index in [9.17, 15) is 9.90 Å². The van der Waals surface area contributed by atoms with E-state index in [1.54, 1.807) is 12.0 Å². The van der Waals surface area contributed by atoms with Crippen LogP contribution in [0.1, 0.15) is 34.0 Å². The van der Waals surface area contributed by atoms with Crippen LogP contribution in [0.2, 0.25) is 0 Å². The average molecular weight is 297 g/mol. The van der Waals surface area contributed by atoms with Crippen LogP contribution in [0.4, 0.5) is 5.69 Å². The lowest BCUT2D eigenvalue weighted by Crippen LogP contribution is -2.37. The number of aliphatic hydroxyl groups excluding tert-OH is 1. The molecule has 1 aliphatic heterocycles. The number of carbonyl (C=O) groups excluding carboxylic acids is 1. The molecular weight excluding hydrogens is 278 g/mol. The van der Waals surface area contributed by atoms with Gasteiger partial charge < -0.3 is 14.7 Å². The first kappa shape index (κ1) is 14.6. The van der Waals surface area contributed by atoms with E-state index in [0.717, 1.165) is 16.8 Å². The molecule has 0 spiro atoms. The molecule has 4 nitrogen and oxygen atoms in total. The maximum absolute atomic E-state index is 12.9. The van der Waals surface area contributed by atoms with Gasteiger partial charge in [-0.2, -0.15) is 0 Å². The van der Waals surface area contributed by atoms with Gasteiger partial charge in [-0.25, -0.2) is 0 Å². The van der Waals surface area contributed by atoms with E-state index in [1.807, 2.05) is 49.4 Å². The van der Waals surface area contributed by atoms with Crippen LogP contribution >= 0.6 is 0 Å². The van der Waals surface area contributed by atoms with Gasteiger partial charge in [-0.3, -0.25) is 4.79 Å². The van der Waals surface area contributed by atoms with Crippen molar-refractivity contribution in [3.05, 3.63) is 59.2 Å². The van der Waals surface area contributed by atoms with Gasteiger partial charge in [-0.1, -0.05) is 24.3 Å². The van der Waals surface area contributed by atoms with Crippen molar-refractivity contribution in [1.29, 1.82) is 0 Å². The molecule has 3 rings (SSSR count). The normalized spacial score (nSPS) is 17.0. The first-order chi connectivity index (χ1) is 10.6. The van der Waals surface area contributed by atoms with Crippen LogP contribution in [0.5, 0.6) is 5.75 Å². The van der Waals surface area contributed by atoms with Crippen molar-refractivity contribution in [2.45, 2.75) is 19.4 Å². The Hall–Kier alpha value is -2.33. The summed E-state index contributed by atoms with van der Waals surface area (Å²) in [7, 11) is 1.59. The van der Waals surface area contributed by atoms with Gasteiger partial charge in [0.15, 0.2) is 0 Å². The molecule has 0 aromatic heterocycles. The van der Waals surface area contributed by atoms with Crippen molar-refractivity contribution >= 4 is 11.6 Å². The molecule has 1 aliphatic rings. The summed E-state index contributed by atoms with van der Waals surface area (Å²) in [6.07, 6.45) is -0.00133. The number of fused-ring (bicyclic) bond motifs is 1. The molecule has 0 saturated carbocycles. The van der Waals surface area contributed by atoms with Gasteiger partial charge in [-0.15, -0.1) is 0 Å². The summed E-state index contributed by atoms with van der Waals surface area (Å²) in [6, 6.07) is 13.0. The number of aryl methyl sites for hydroxylation is 1. The van der Waals surface area contributed by atoms with Gasteiger partial charge >= 0.3 is 0 Å². The van der Waals surface area contributed by atoms with Gasteiger partial charge in [-0.05, 0) is 31.0 Å². The van der Waals surface area contributed by atoms with E-state index < -0.39 is 6.10 Å². The van der Waals surface area contributed by atoms with Crippen LogP contribution in [-0.2, 0) is 0 Å². The van der Waals surface area contributed by atoms with Gasteiger partial charge in [0.25, 0.3) is 5.91 Å². The van der Waals surface area contributed by atoms with Gasteiger partial charge in [0, 0.05) is 23.7 Å². The largest absolute Gasteiger partial charge is 0.497 e. The molecular formula is C18H19NO3. The Morgan fingerprint density at radius 3 is 2.77 bits per heavy atom. The molecule has 0 radical (unpaired) electrons. The monoisotopic (exact) mass is 297 g/mol. The van der Waals surface area contributed by atoms with Crippen LogP contribution in [-0.4, -0.2) is 24.7 Å². The molecule has 1 heterocycles. The van der Waals surface area contributed by atoms with Crippen molar-refractivity contribution < 1.29 is 14.6 Å². The van der Waals surface area contributed by atoms with Gasteiger partial charge in [0.05, 0.1) is 18.9 Å². The molecule has 0 saturated heterocycles. The third-order valence-corrected chi connectivity index (χ3v) is 4.13. The number of carbonyl (C=O) groups is 1. The maximum Gasteiger partial charge on any atom is 0.258 e. The first-order valence-electron chi connectivity index (χ1n) is 7.35. The van der Waals surface area contributed by atoms with Gasteiger partial charge in [0.2, 0.25) is 0 Å². The second-order valence-corrected chi connectivity index (χ2v) is 5.50. The Labute approximate surface area is 130 Å². The summed E-state index contributed by atoms with van der Waals surface area (Å²) in [5, 5.41) is 10.2. The SMILES string of the molecule is COc1ccc2c(c1)N(C(=O)c1ccccc1C)CCC2O. The summed E-state index contributed by atoms with van der Waals surface area (Å²) >= 11 is 0. The molecule has 1 N–H and O–H groups in total. The number of anilines is 1. The van der Waals surface area contributed by atoms with Crippen LogP contribution in [0.3, 0.4) is 0 Å². The van der Waals surface area contributed by atoms with Crippen molar-refractivity contribution in [2.24, 2.45) is 0 Å². The number of benzene rings is 2. The zero-order valence-electron chi connectivity index (χ0n) is 12.7. The number of nitrogens with zero attached hydrogens (tertiary/aromatic N) is 1. The van der Waals surface area contributed by atoms with E-state index in [4.69, 9.17) is 4.74 Å². The smallest absolute Gasteiger partial charge is 0.258 e. The second-order valence-electron chi connectivity index (χ2n) is 5.50. The lowest BCUT2D eigenvalue weighted by Gasteiger charge is -2.32. The molecule has 0 fully saturated rings. The number of aliphatic hydroxyl groups is 1. The summed E-state index contributed by atoms with van der Waals surface area (Å²) in [4.78, 5) is 14.6. The molecule has 1 unspecified atom stereocenters. The molecule has 2 aromatic rings. The zero-order valence-corrected chi connectivity index (χ0v) is 12.7. The minimum absolute atomic E-state index is 0.0421. The highest BCUT2D eigenvalue weighted by atomic mass is 16.5. The minimum Gasteiger partial charge on any atom is -0.497 e. The Morgan fingerprint density at radius 2 is 2.05 bits per heavy atom. The Kier molecular flexibility index (Phi) is 3.86. The Morgan fingerprint density at radius 1 is 1.27 bits per heavy atom. The molecule has 4 heteroatoms. The van der Waals surface area contributed by atoms with Crippen LogP contribution in [0, 0.1) is 6.92 Å². The quantitative estimate of drug-likeness (QED) is 0.926. The maximum atomic E-state index is 12.9. The molecule has 0 aliphatic carbocycles. The predicted molar refractivity (Wildman–Crippen MR) is 85.4 cm³/mol. The third kappa shape index (κ3) is 2.46. The number of ether oxygens (including phenoxy) is 1. The summed E-state index contributed by atoms with van der Waals surface area (Å²) in [5.41, 5.74) is 3.14. The van der Waals surface area contributed by atoms with Crippen LogP contribution < -0.4 is 9.64 Å². The molecule has 1 amide bonds. The fourth-order valence-corrected chi connectivity index (χ4v) is 2.86. The number of hydrogen-bond donors (Lipinski definition) is 1. The predicted octanol–water partition coefficient (Wildman–Crippen LogP) is 3.09. The van der Waals surface area contributed by atoms with E-state index >= 15 is 0 Å². The number of hydrogen-bond acceptors (Lipinski definition) is 3. The third-order valence-electron chi connectivity index (χ3n) is 4.13. The number of methoxy groups -OCH3 is 1. The van der Waals surface area contributed by atoms with Crippen molar-refractivity contribution in [3.8, 4) is 5.75 Å². The minimum atomic E-state index is -0.540. The van der Waals surface area contributed by atoms with E-state index in [2.05, 4.69) is 0 Å². The lowest BCUT2D eigenvalue weighted by molar-refractivity contribution is 0.0970. The number of rotatable bonds is 2. The summed E-state index contributed by atoms with van der Waals surface area (Å²) < 4.78 is 5.25. The lowest BCUT2D eigenvalue weighted by atomic mass is 9.97. The van der Waals surface area contributed by atoms with Crippen LogP contribution in [0.15, 0.2) is 42.5 Å². The zero-order chi connectivity index (χ0) is 15.7. The van der Waals surface area contributed by atoms with Crippen molar-refractivity contribution in [2.75, 3.05) is 18.6 Å². The highest BCUT2D eigenvalue weighted by Gasteiger charge is 2.29. The van der Waals surface area contributed by atoms with Gasteiger partial charge in [0.1, 0.15) is 5.75 Å². The highest BCUT2D eigenvalue weighted by molar-refractivity contribution is 6.07. The van der Waals surface area contributed by atoms with Crippen LogP contribution in [0.25, 0.3) is 0 Å². The fraction of sp³-hybridized carbons (Fsp3) is 0.278. The average Bonchev–Trinajstić information content (AvgIpc) is 2.54. The summed E-state index contributed by atoms with van der Waals surface area (Å²) in [5.74, 6) is 0.634. The Balaban J connectivity index is 2.05. The topological polar surface area (TPSA) is 49.8 Å². The first-order valence-corrected chi connectivity index (χ1v) is 7.35. The summed E-state index contributed by atoms with van der Waals surface area (Å²) in [6.45, 7) is 2.42. The van der Waals surface area contributed by atoms with E-state index in [-0.39, 0.29) is 5.91 Å². The van der Waals surface area contributed by atoms with E-state index in [0.29, 0.717) is 24.3 Å². The fourth-order valence-electron chi connectivity index (χ4n) is 2.86. The standard InChI is InChI=1S/C18H19NO3/c1-12-5-3-4-6-14(12)18(21)19-10-9-17(20)15-8-7-13(22-2)11-16(15)19/h3-8,11,17,20H,9-10H2,1-2H3. The molecule has 0 bridgehead atoms.